The quantitative estimate of drug-likeness (QED) is 0.913. The molecule has 6 heteroatoms. The number of hydrogen-bond acceptors (Lipinski definition) is 4. The van der Waals surface area contributed by atoms with Crippen LogP contribution in [0, 0.1) is 6.92 Å². The van der Waals surface area contributed by atoms with E-state index in [2.05, 4.69) is 41.5 Å². The van der Waals surface area contributed by atoms with Crippen molar-refractivity contribution in [3.8, 4) is 0 Å². The van der Waals surface area contributed by atoms with Gasteiger partial charge in [0.25, 0.3) is 0 Å². The molecule has 0 aliphatic rings. The van der Waals surface area contributed by atoms with Crippen LogP contribution in [0.2, 0.25) is 10.3 Å². The van der Waals surface area contributed by atoms with Gasteiger partial charge in [-0.3, -0.25) is 0 Å². The highest BCUT2D eigenvalue weighted by molar-refractivity contribution is 7.12. The van der Waals surface area contributed by atoms with Crippen LogP contribution in [-0.2, 0) is 0 Å². The van der Waals surface area contributed by atoms with E-state index in [4.69, 9.17) is 23.2 Å². The Bertz CT molecular complexity index is 527. The summed E-state index contributed by atoms with van der Waals surface area (Å²) in [5, 5.41) is 11.4. The third-order valence-electron chi connectivity index (χ3n) is 2.28. The molecule has 1 unspecified atom stereocenters. The van der Waals surface area contributed by atoms with Crippen molar-refractivity contribution in [1.29, 1.82) is 0 Å². The van der Waals surface area contributed by atoms with Gasteiger partial charge < -0.3 is 5.32 Å². The van der Waals surface area contributed by atoms with Gasteiger partial charge in [0.05, 0.1) is 11.7 Å². The van der Waals surface area contributed by atoms with Crippen molar-refractivity contribution in [2.75, 3.05) is 5.32 Å². The summed E-state index contributed by atoms with van der Waals surface area (Å²) < 4.78 is 0. The fourth-order valence-electron chi connectivity index (χ4n) is 1.44. The average Bonchev–Trinajstić information content (AvgIpc) is 2.70. The number of hydrogen-bond donors (Lipinski definition) is 1. The number of aryl methyl sites for hydroxylation is 1. The van der Waals surface area contributed by atoms with Gasteiger partial charge >= 0.3 is 0 Å². The van der Waals surface area contributed by atoms with E-state index in [9.17, 15) is 0 Å². The number of aromatic nitrogens is 2. The minimum atomic E-state index is 0.159. The van der Waals surface area contributed by atoms with Gasteiger partial charge in [-0.1, -0.05) is 23.2 Å². The summed E-state index contributed by atoms with van der Waals surface area (Å²) in [5.74, 6) is 0. The molecule has 1 N–H and O–H groups in total. The normalized spacial score (nSPS) is 12.5. The number of halogens is 2. The van der Waals surface area contributed by atoms with Gasteiger partial charge in [0, 0.05) is 15.8 Å². The van der Waals surface area contributed by atoms with Crippen LogP contribution in [0.3, 0.4) is 0 Å². The molecular formula is C11H11Cl2N3S. The summed E-state index contributed by atoms with van der Waals surface area (Å²) in [4.78, 5) is 2.53. The minimum absolute atomic E-state index is 0.159. The van der Waals surface area contributed by atoms with Crippen LogP contribution in [0.5, 0.6) is 0 Å². The molecule has 2 rings (SSSR count). The second kappa shape index (κ2) is 5.21. The molecule has 0 bridgehead atoms. The Balaban J connectivity index is 2.18. The number of thiophene rings is 1. The van der Waals surface area contributed by atoms with Crippen LogP contribution in [0.15, 0.2) is 18.2 Å². The largest absolute Gasteiger partial charge is 0.375 e. The van der Waals surface area contributed by atoms with Crippen LogP contribution in [-0.4, -0.2) is 10.2 Å². The van der Waals surface area contributed by atoms with Crippen molar-refractivity contribution in [2.24, 2.45) is 0 Å². The average molecular weight is 288 g/mol. The lowest BCUT2D eigenvalue weighted by atomic mass is 10.2. The van der Waals surface area contributed by atoms with Crippen LogP contribution >= 0.6 is 34.5 Å². The predicted molar refractivity (Wildman–Crippen MR) is 73.1 cm³/mol. The lowest BCUT2D eigenvalue weighted by Gasteiger charge is -2.14. The molecule has 0 spiro atoms. The Morgan fingerprint density at radius 3 is 2.71 bits per heavy atom. The second-order valence-electron chi connectivity index (χ2n) is 3.69. The molecule has 0 aliphatic heterocycles. The van der Waals surface area contributed by atoms with Crippen molar-refractivity contribution >= 4 is 40.2 Å². The maximum atomic E-state index is 5.94. The lowest BCUT2D eigenvalue weighted by Crippen LogP contribution is -2.06. The molecule has 0 aromatic carbocycles. The number of rotatable bonds is 3. The second-order valence-corrected chi connectivity index (χ2v) is 5.75. The summed E-state index contributed by atoms with van der Waals surface area (Å²) in [6, 6.07) is 6.03. The first kappa shape index (κ1) is 12.6. The Hall–Kier alpha value is -0.840. The van der Waals surface area contributed by atoms with E-state index in [-0.39, 0.29) is 6.04 Å². The topological polar surface area (TPSA) is 37.8 Å². The Labute approximate surface area is 114 Å². The lowest BCUT2D eigenvalue weighted by molar-refractivity contribution is 0.899. The molecule has 2 aromatic heterocycles. The molecule has 2 aromatic rings. The first-order valence-electron chi connectivity index (χ1n) is 5.08. The first-order valence-corrected chi connectivity index (χ1v) is 6.65. The highest BCUT2D eigenvalue weighted by Crippen LogP contribution is 2.29. The summed E-state index contributed by atoms with van der Waals surface area (Å²) in [5.41, 5.74) is 0.699. The van der Waals surface area contributed by atoms with E-state index < -0.39 is 0 Å². The van der Waals surface area contributed by atoms with Gasteiger partial charge in [0.1, 0.15) is 0 Å². The van der Waals surface area contributed by atoms with Crippen molar-refractivity contribution < 1.29 is 0 Å². The summed E-state index contributed by atoms with van der Waals surface area (Å²) in [6.07, 6.45) is 0. The monoisotopic (exact) mass is 287 g/mol. The van der Waals surface area contributed by atoms with Crippen molar-refractivity contribution in [1.82, 2.24) is 10.2 Å². The van der Waals surface area contributed by atoms with E-state index in [1.165, 1.54) is 9.75 Å². The zero-order chi connectivity index (χ0) is 12.4. The molecule has 2 heterocycles. The zero-order valence-electron chi connectivity index (χ0n) is 9.37. The SMILES string of the molecule is Cc1ccc(C(C)Nc2cc(Cl)nnc2Cl)s1. The van der Waals surface area contributed by atoms with Crippen LogP contribution in [0.1, 0.15) is 22.7 Å². The van der Waals surface area contributed by atoms with E-state index in [1.807, 2.05) is 0 Å². The number of anilines is 1. The van der Waals surface area contributed by atoms with E-state index in [1.54, 1.807) is 17.4 Å². The maximum Gasteiger partial charge on any atom is 0.174 e. The van der Waals surface area contributed by atoms with Crippen molar-refractivity contribution in [3.63, 3.8) is 0 Å². The molecule has 0 aliphatic carbocycles. The van der Waals surface area contributed by atoms with Crippen LogP contribution in [0.25, 0.3) is 0 Å². The van der Waals surface area contributed by atoms with Gasteiger partial charge in [0.2, 0.25) is 0 Å². The molecule has 90 valence electrons. The highest BCUT2D eigenvalue weighted by atomic mass is 35.5. The van der Waals surface area contributed by atoms with Gasteiger partial charge in [-0.25, -0.2) is 0 Å². The van der Waals surface area contributed by atoms with E-state index in [0.717, 1.165) is 0 Å². The predicted octanol–water partition coefficient (Wildman–Crippen LogP) is 4.33. The van der Waals surface area contributed by atoms with Crippen LogP contribution in [0.4, 0.5) is 5.69 Å². The number of nitrogens with zero attached hydrogens (tertiary/aromatic N) is 2. The third-order valence-corrected chi connectivity index (χ3v) is 3.93. The molecule has 1 atom stereocenters. The highest BCUT2D eigenvalue weighted by Gasteiger charge is 2.11. The summed E-state index contributed by atoms with van der Waals surface area (Å²) in [7, 11) is 0. The van der Waals surface area contributed by atoms with Gasteiger partial charge in [-0.15, -0.1) is 21.5 Å². The molecule has 0 saturated heterocycles. The smallest absolute Gasteiger partial charge is 0.174 e. The van der Waals surface area contributed by atoms with E-state index in [0.29, 0.717) is 16.0 Å². The Kier molecular flexibility index (Phi) is 3.86. The van der Waals surface area contributed by atoms with Crippen molar-refractivity contribution in [2.45, 2.75) is 19.9 Å². The standard InChI is InChI=1S/C11H11Cl2N3S/c1-6-3-4-9(17-6)7(2)14-8-5-10(12)15-16-11(8)13/h3-5,7H,1-2H3,(H,14,15). The minimum Gasteiger partial charge on any atom is -0.375 e. The summed E-state index contributed by atoms with van der Waals surface area (Å²) in [6.45, 7) is 4.15. The first-order chi connectivity index (χ1) is 8.06. The van der Waals surface area contributed by atoms with Gasteiger partial charge in [0.15, 0.2) is 10.3 Å². The summed E-state index contributed by atoms with van der Waals surface area (Å²) >= 11 is 13.5. The molecule has 3 nitrogen and oxygen atoms in total. The molecule has 17 heavy (non-hydrogen) atoms. The maximum absolute atomic E-state index is 5.94. The third kappa shape index (κ3) is 3.09. The van der Waals surface area contributed by atoms with Gasteiger partial charge in [-0.05, 0) is 26.0 Å². The fraction of sp³-hybridized carbons (Fsp3) is 0.273. The van der Waals surface area contributed by atoms with Gasteiger partial charge in [-0.2, -0.15) is 0 Å². The van der Waals surface area contributed by atoms with Crippen LogP contribution < -0.4 is 5.32 Å². The zero-order valence-corrected chi connectivity index (χ0v) is 11.7. The Morgan fingerprint density at radius 1 is 1.29 bits per heavy atom. The molecule has 0 saturated carbocycles. The molecule has 0 radical (unpaired) electrons. The number of nitrogens with one attached hydrogen (secondary N) is 1. The fourth-order valence-corrected chi connectivity index (χ4v) is 2.62. The molecule has 0 fully saturated rings. The van der Waals surface area contributed by atoms with E-state index >= 15 is 0 Å². The molecule has 0 amide bonds. The molecular weight excluding hydrogens is 277 g/mol. The Morgan fingerprint density at radius 2 is 2.06 bits per heavy atom. The van der Waals surface area contributed by atoms with Crippen molar-refractivity contribution in [3.05, 3.63) is 38.3 Å².